The number of nitrogens with zero attached hydrogens (tertiary/aromatic N) is 3. The van der Waals surface area contributed by atoms with Gasteiger partial charge in [0.1, 0.15) is 23.4 Å². The van der Waals surface area contributed by atoms with E-state index in [9.17, 15) is 23.9 Å². The number of benzene rings is 1. The topological polar surface area (TPSA) is 114 Å². The second-order valence-electron chi connectivity index (χ2n) is 7.87. The normalized spacial score (nSPS) is 10.9. The Balaban J connectivity index is 2.09. The van der Waals surface area contributed by atoms with Crippen molar-refractivity contribution in [2.45, 2.75) is 19.9 Å². The minimum absolute atomic E-state index is 0.0176. The Morgan fingerprint density at radius 1 is 1.21 bits per heavy atom. The maximum atomic E-state index is 13.3. The molecule has 10 heteroatoms. The summed E-state index contributed by atoms with van der Waals surface area (Å²) in [5.74, 6) is -2.07. The number of rotatable bonds is 9. The summed E-state index contributed by atoms with van der Waals surface area (Å²) in [5.41, 5.74) is 0.421. The summed E-state index contributed by atoms with van der Waals surface area (Å²) < 4.78 is 19.5. The molecule has 1 aromatic carbocycles. The Labute approximate surface area is 195 Å². The summed E-state index contributed by atoms with van der Waals surface area (Å²) >= 11 is 0. The van der Waals surface area contributed by atoms with Crippen LogP contribution in [0.3, 0.4) is 0 Å². The summed E-state index contributed by atoms with van der Waals surface area (Å²) in [4.78, 5) is 44.0. The Morgan fingerprint density at radius 3 is 2.56 bits per heavy atom. The van der Waals surface area contributed by atoms with E-state index in [2.05, 4.69) is 10.3 Å². The Bertz CT molecular complexity index is 1250. The zero-order valence-electron chi connectivity index (χ0n) is 19.3. The molecule has 0 aliphatic rings. The number of nitrogens with one attached hydrogen (secondary N) is 1. The van der Waals surface area contributed by atoms with Gasteiger partial charge in [-0.3, -0.25) is 23.9 Å². The molecule has 2 N–H and O–H groups in total. The lowest BCUT2D eigenvalue weighted by atomic mass is 10.1. The van der Waals surface area contributed by atoms with E-state index in [0.717, 1.165) is 10.1 Å². The predicted molar refractivity (Wildman–Crippen MR) is 124 cm³/mol. The number of aromatic hydroxyl groups is 1. The molecule has 0 spiro atoms. The highest BCUT2D eigenvalue weighted by atomic mass is 19.1. The van der Waals surface area contributed by atoms with Gasteiger partial charge in [0.15, 0.2) is 5.75 Å². The van der Waals surface area contributed by atoms with Crippen molar-refractivity contribution in [2.24, 2.45) is 0 Å². The molecule has 0 saturated heterocycles. The smallest absolute Gasteiger partial charge is 0.268 e. The number of ether oxygens (including phenoxy) is 1. The standard InChI is InChI=1S/C24H27FN4O5/c1-4-34-10-9-26-23(32)20-22(31)21-18(29(24(20)33)14-19(30)28(2)3)12-16(13-27-21)11-15-5-7-17(25)8-6-15/h5-8,12-13,31H,4,9-11,14H2,1-3H3,(H,26,32). The average molecular weight is 471 g/mol. The minimum atomic E-state index is -0.810. The molecular formula is C24H27FN4O5. The zero-order chi connectivity index (χ0) is 24.8. The van der Waals surface area contributed by atoms with Crippen molar-refractivity contribution >= 4 is 22.8 Å². The van der Waals surface area contributed by atoms with Crippen LogP contribution in [0.4, 0.5) is 4.39 Å². The van der Waals surface area contributed by atoms with Crippen molar-refractivity contribution in [3.8, 4) is 5.75 Å². The molecule has 0 saturated carbocycles. The molecular weight excluding hydrogens is 443 g/mol. The molecule has 180 valence electrons. The van der Waals surface area contributed by atoms with E-state index >= 15 is 0 Å². The van der Waals surface area contributed by atoms with Gasteiger partial charge in [0.25, 0.3) is 11.5 Å². The van der Waals surface area contributed by atoms with Crippen LogP contribution >= 0.6 is 0 Å². The summed E-state index contributed by atoms with van der Waals surface area (Å²) in [7, 11) is 3.10. The van der Waals surface area contributed by atoms with Gasteiger partial charge in [0.05, 0.1) is 12.1 Å². The first-order chi connectivity index (χ1) is 16.2. The molecule has 0 atom stereocenters. The van der Waals surface area contributed by atoms with Gasteiger partial charge in [-0.2, -0.15) is 0 Å². The number of likely N-dealkylation sites (N-methyl/N-ethyl adjacent to an activating group) is 1. The number of carbonyl (C=O) groups is 2. The molecule has 0 aliphatic carbocycles. The molecule has 3 aromatic rings. The van der Waals surface area contributed by atoms with E-state index in [1.54, 1.807) is 32.3 Å². The number of fused-ring (bicyclic) bond motifs is 1. The summed E-state index contributed by atoms with van der Waals surface area (Å²) in [6.07, 6.45) is 1.89. The molecule has 2 amide bonds. The van der Waals surface area contributed by atoms with Gasteiger partial charge in [0.2, 0.25) is 5.91 Å². The zero-order valence-corrected chi connectivity index (χ0v) is 19.3. The Kier molecular flexibility index (Phi) is 7.95. The Morgan fingerprint density at radius 2 is 1.91 bits per heavy atom. The molecule has 2 aromatic heterocycles. The highest BCUT2D eigenvalue weighted by Gasteiger charge is 2.24. The van der Waals surface area contributed by atoms with E-state index in [4.69, 9.17) is 4.74 Å². The van der Waals surface area contributed by atoms with Crippen LogP contribution in [0.1, 0.15) is 28.4 Å². The van der Waals surface area contributed by atoms with Crippen LogP contribution in [0, 0.1) is 5.82 Å². The fraction of sp³-hybridized carbons (Fsp3) is 0.333. The van der Waals surface area contributed by atoms with Gasteiger partial charge >= 0.3 is 0 Å². The molecule has 0 bridgehead atoms. The fourth-order valence-corrected chi connectivity index (χ4v) is 3.39. The maximum Gasteiger partial charge on any atom is 0.268 e. The lowest BCUT2D eigenvalue weighted by Gasteiger charge is -2.17. The number of amides is 2. The number of hydrogen-bond donors (Lipinski definition) is 2. The minimum Gasteiger partial charge on any atom is -0.505 e. The molecule has 0 aliphatic heterocycles. The molecule has 9 nitrogen and oxygen atoms in total. The quantitative estimate of drug-likeness (QED) is 0.460. The van der Waals surface area contributed by atoms with Crippen molar-refractivity contribution in [1.82, 2.24) is 19.8 Å². The molecule has 2 heterocycles. The van der Waals surface area contributed by atoms with Crippen molar-refractivity contribution in [2.75, 3.05) is 33.9 Å². The van der Waals surface area contributed by atoms with Gasteiger partial charge < -0.3 is 20.1 Å². The van der Waals surface area contributed by atoms with Crippen LogP contribution in [0.2, 0.25) is 0 Å². The molecule has 0 fully saturated rings. The second-order valence-corrected chi connectivity index (χ2v) is 7.87. The first-order valence-electron chi connectivity index (χ1n) is 10.8. The first kappa shape index (κ1) is 24.8. The van der Waals surface area contributed by atoms with Crippen LogP contribution in [0.25, 0.3) is 11.0 Å². The predicted octanol–water partition coefficient (Wildman–Crippen LogP) is 1.69. The van der Waals surface area contributed by atoms with Gasteiger partial charge in [-0.15, -0.1) is 0 Å². The lowest BCUT2D eigenvalue weighted by molar-refractivity contribution is -0.129. The number of halogens is 1. The third-order valence-corrected chi connectivity index (χ3v) is 5.21. The van der Waals surface area contributed by atoms with Crippen molar-refractivity contribution < 1.29 is 23.8 Å². The second kappa shape index (κ2) is 10.9. The first-order valence-corrected chi connectivity index (χ1v) is 10.8. The average Bonchev–Trinajstić information content (AvgIpc) is 2.80. The summed E-state index contributed by atoms with van der Waals surface area (Å²) in [6, 6.07) is 7.59. The van der Waals surface area contributed by atoms with E-state index in [0.29, 0.717) is 18.6 Å². The number of carbonyl (C=O) groups excluding carboxylic acids is 2. The van der Waals surface area contributed by atoms with Crippen LogP contribution in [0.15, 0.2) is 41.3 Å². The van der Waals surface area contributed by atoms with Gasteiger partial charge in [-0.05, 0) is 42.7 Å². The van der Waals surface area contributed by atoms with Gasteiger partial charge in [-0.1, -0.05) is 12.1 Å². The molecule has 0 radical (unpaired) electrons. The SMILES string of the molecule is CCOCCNC(=O)c1c(O)c2ncc(Cc3ccc(F)cc3)cc2n(CC(=O)N(C)C)c1=O. The highest BCUT2D eigenvalue weighted by Crippen LogP contribution is 2.26. The van der Waals surface area contributed by atoms with E-state index in [-0.39, 0.29) is 42.5 Å². The van der Waals surface area contributed by atoms with E-state index in [1.807, 2.05) is 6.92 Å². The number of pyridine rings is 2. The molecule has 0 unspecified atom stereocenters. The van der Waals surface area contributed by atoms with Gasteiger partial charge in [0, 0.05) is 33.4 Å². The van der Waals surface area contributed by atoms with Crippen LogP contribution < -0.4 is 10.9 Å². The summed E-state index contributed by atoms with van der Waals surface area (Å²) in [6.45, 7) is 2.33. The van der Waals surface area contributed by atoms with Crippen molar-refractivity contribution in [3.05, 3.63) is 69.4 Å². The lowest BCUT2D eigenvalue weighted by Crippen LogP contribution is -2.37. The molecule has 3 rings (SSSR count). The largest absolute Gasteiger partial charge is 0.505 e. The van der Waals surface area contributed by atoms with Crippen LogP contribution in [-0.2, 0) is 22.5 Å². The molecule has 34 heavy (non-hydrogen) atoms. The number of hydrogen-bond acceptors (Lipinski definition) is 6. The highest BCUT2D eigenvalue weighted by molar-refractivity contribution is 6.01. The summed E-state index contributed by atoms with van der Waals surface area (Å²) in [5, 5.41) is 13.3. The number of aromatic nitrogens is 2. The monoisotopic (exact) mass is 470 g/mol. The van der Waals surface area contributed by atoms with Gasteiger partial charge in [-0.25, -0.2) is 4.39 Å². The third-order valence-electron chi connectivity index (χ3n) is 5.21. The van der Waals surface area contributed by atoms with E-state index < -0.39 is 22.8 Å². The van der Waals surface area contributed by atoms with Crippen LogP contribution in [0.5, 0.6) is 5.75 Å². The third kappa shape index (κ3) is 5.57. The fourth-order valence-electron chi connectivity index (χ4n) is 3.39. The van der Waals surface area contributed by atoms with Crippen molar-refractivity contribution in [3.63, 3.8) is 0 Å². The Hall–Kier alpha value is -3.79. The maximum absolute atomic E-state index is 13.3. The van der Waals surface area contributed by atoms with Crippen molar-refractivity contribution in [1.29, 1.82) is 0 Å². The van der Waals surface area contributed by atoms with E-state index in [1.165, 1.54) is 23.2 Å². The van der Waals surface area contributed by atoms with Crippen LogP contribution in [-0.4, -0.2) is 65.2 Å².